The molecule has 3 aliphatic heterocycles. The molecule has 2 fully saturated rings. The first-order chi connectivity index (χ1) is 13.2. The quantitative estimate of drug-likeness (QED) is 0.692. The summed E-state index contributed by atoms with van der Waals surface area (Å²) in [7, 11) is 0. The fraction of sp³-hybridized carbons (Fsp3) is 0.409. The standard InChI is InChI=1S/C22H22BrNO3/c23-17-4-1-14(2-5-17)16-11-18-6-7-19(12-16)24(18)22(25)15-3-8-20-21(13-15)27-10-9-26-20/h1-5,8,13,16,18-19H,6-7,9-12H2. The molecule has 2 atom stereocenters. The summed E-state index contributed by atoms with van der Waals surface area (Å²) >= 11 is 3.51. The number of piperidine rings is 1. The van der Waals surface area contributed by atoms with Crippen molar-refractivity contribution in [3.05, 3.63) is 58.1 Å². The average molecular weight is 428 g/mol. The summed E-state index contributed by atoms with van der Waals surface area (Å²) in [5.74, 6) is 2.09. The van der Waals surface area contributed by atoms with Crippen molar-refractivity contribution in [2.75, 3.05) is 13.2 Å². The van der Waals surface area contributed by atoms with E-state index in [0.717, 1.165) is 35.9 Å². The Morgan fingerprint density at radius 2 is 1.59 bits per heavy atom. The van der Waals surface area contributed by atoms with Crippen LogP contribution < -0.4 is 9.47 Å². The number of amides is 1. The lowest BCUT2D eigenvalue weighted by Gasteiger charge is -2.39. The van der Waals surface area contributed by atoms with Crippen LogP contribution in [0.3, 0.4) is 0 Å². The maximum atomic E-state index is 13.3. The lowest BCUT2D eigenvalue weighted by atomic mass is 9.85. The molecule has 2 unspecified atom stereocenters. The van der Waals surface area contributed by atoms with E-state index >= 15 is 0 Å². The zero-order valence-corrected chi connectivity index (χ0v) is 16.7. The normalized spacial score (nSPS) is 26.1. The van der Waals surface area contributed by atoms with E-state index in [9.17, 15) is 4.79 Å². The molecule has 27 heavy (non-hydrogen) atoms. The van der Waals surface area contributed by atoms with Gasteiger partial charge in [0.05, 0.1) is 0 Å². The summed E-state index contributed by atoms with van der Waals surface area (Å²) in [6, 6.07) is 14.9. The maximum Gasteiger partial charge on any atom is 0.254 e. The van der Waals surface area contributed by atoms with Crippen LogP contribution in [0, 0.1) is 0 Å². The molecule has 1 amide bonds. The molecule has 2 aromatic rings. The van der Waals surface area contributed by atoms with Gasteiger partial charge in [-0.25, -0.2) is 0 Å². The molecule has 0 spiro atoms. The Bertz CT molecular complexity index is 852. The number of ether oxygens (including phenoxy) is 2. The van der Waals surface area contributed by atoms with Crippen LogP contribution in [0.5, 0.6) is 11.5 Å². The zero-order chi connectivity index (χ0) is 18.4. The molecular weight excluding hydrogens is 406 g/mol. The Balaban J connectivity index is 1.36. The molecule has 0 aliphatic carbocycles. The summed E-state index contributed by atoms with van der Waals surface area (Å²) < 4.78 is 12.3. The van der Waals surface area contributed by atoms with Crippen LogP contribution in [0.1, 0.15) is 47.5 Å². The molecule has 4 nitrogen and oxygen atoms in total. The fourth-order valence-electron chi connectivity index (χ4n) is 4.84. The van der Waals surface area contributed by atoms with Gasteiger partial charge >= 0.3 is 0 Å². The van der Waals surface area contributed by atoms with E-state index in [0.29, 0.717) is 42.5 Å². The minimum Gasteiger partial charge on any atom is -0.486 e. The van der Waals surface area contributed by atoms with E-state index in [1.807, 2.05) is 18.2 Å². The van der Waals surface area contributed by atoms with Crippen molar-refractivity contribution in [3.63, 3.8) is 0 Å². The van der Waals surface area contributed by atoms with Crippen LogP contribution in [-0.4, -0.2) is 36.1 Å². The first-order valence-corrected chi connectivity index (χ1v) is 10.5. The molecule has 3 heterocycles. The smallest absolute Gasteiger partial charge is 0.254 e. The number of carbonyl (C=O) groups excluding carboxylic acids is 1. The van der Waals surface area contributed by atoms with Crippen LogP contribution in [-0.2, 0) is 0 Å². The second-order valence-electron chi connectivity index (χ2n) is 7.68. The van der Waals surface area contributed by atoms with Gasteiger partial charge in [-0.1, -0.05) is 28.1 Å². The van der Waals surface area contributed by atoms with E-state index in [1.54, 1.807) is 0 Å². The van der Waals surface area contributed by atoms with E-state index in [-0.39, 0.29) is 5.91 Å². The number of halogens is 1. The Morgan fingerprint density at radius 1 is 0.926 bits per heavy atom. The average Bonchev–Trinajstić information content (AvgIpc) is 2.97. The molecule has 0 N–H and O–H groups in total. The van der Waals surface area contributed by atoms with E-state index in [4.69, 9.17) is 9.47 Å². The topological polar surface area (TPSA) is 38.8 Å². The fourth-order valence-corrected chi connectivity index (χ4v) is 5.11. The zero-order valence-electron chi connectivity index (χ0n) is 15.1. The SMILES string of the molecule is O=C(c1ccc2c(c1)OCCO2)N1C2CCC1CC(c1ccc(Br)cc1)C2. The van der Waals surface area contributed by atoms with Crippen molar-refractivity contribution in [3.8, 4) is 11.5 Å². The van der Waals surface area contributed by atoms with E-state index in [2.05, 4.69) is 45.1 Å². The van der Waals surface area contributed by atoms with Gasteiger partial charge in [-0.05, 0) is 67.5 Å². The molecule has 2 bridgehead atoms. The number of rotatable bonds is 2. The van der Waals surface area contributed by atoms with Crippen LogP contribution in [0.15, 0.2) is 46.9 Å². The largest absolute Gasteiger partial charge is 0.486 e. The minimum atomic E-state index is 0.133. The molecule has 0 saturated carbocycles. The molecule has 2 saturated heterocycles. The van der Waals surface area contributed by atoms with Crippen molar-refractivity contribution in [2.24, 2.45) is 0 Å². The highest BCUT2D eigenvalue weighted by Gasteiger charge is 2.43. The molecule has 3 aliphatic rings. The van der Waals surface area contributed by atoms with Gasteiger partial charge in [-0.3, -0.25) is 4.79 Å². The van der Waals surface area contributed by atoms with Crippen molar-refractivity contribution in [1.82, 2.24) is 4.90 Å². The molecular formula is C22H22BrNO3. The number of hydrogen-bond donors (Lipinski definition) is 0. The van der Waals surface area contributed by atoms with Crippen LogP contribution in [0.2, 0.25) is 0 Å². The summed E-state index contributed by atoms with van der Waals surface area (Å²) in [6.45, 7) is 1.10. The summed E-state index contributed by atoms with van der Waals surface area (Å²) in [6.07, 6.45) is 4.31. The highest BCUT2D eigenvalue weighted by molar-refractivity contribution is 9.10. The lowest BCUT2D eigenvalue weighted by Crippen LogP contribution is -2.46. The molecule has 140 valence electrons. The monoisotopic (exact) mass is 427 g/mol. The van der Waals surface area contributed by atoms with Gasteiger partial charge in [0, 0.05) is 22.1 Å². The van der Waals surface area contributed by atoms with Gasteiger partial charge in [0.1, 0.15) is 13.2 Å². The van der Waals surface area contributed by atoms with Gasteiger partial charge in [0.15, 0.2) is 11.5 Å². The Morgan fingerprint density at radius 3 is 2.30 bits per heavy atom. The highest BCUT2D eigenvalue weighted by atomic mass is 79.9. The number of nitrogens with zero attached hydrogens (tertiary/aromatic N) is 1. The third-order valence-electron chi connectivity index (χ3n) is 6.10. The van der Waals surface area contributed by atoms with Gasteiger partial charge in [0.2, 0.25) is 0 Å². The third-order valence-corrected chi connectivity index (χ3v) is 6.63. The Hall–Kier alpha value is -2.01. The van der Waals surface area contributed by atoms with Crippen LogP contribution >= 0.6 is 15.9 Å². The molecule has 5 rings (SSSR count). The first-order valence-electron chi connectivity index (χ1n) is 9.67. The number of benzene rings is 2. The van der Waals surface area contributed by atoms with Crippen LogP contribution in [0.4, 0.5) is 0 Å². The Labute approximate surface area is 167 Å². The predicted octanol–water partition coefficient (Wildman–Crippen LogP) is 4.77. The number of fused-ring (bicyclic) bond motifs is 3. The van der Waals surface area contributed by atoms with Crippen molar-refractivity contribution in [2.45, 2.75) is 43.7 Å². The molecule has 0 aromatic heterocycles. The maximum absolute atomic E-state index is 13.3. The molecule has 0 radical (unpaired) electrons. The van der Waals surface area contributed by atoms with Gasteiger partial charge in [-0.15, -0.1) is 0 Å². The van der Waals surface area contributed by atoms with E-state index < -0.39 is 0 Å². The second kappa shape index (κ2) is 6.86. The predicted molar refractivity (Wildman–Crippen MR) is 107 cm³/mol. The Kier molecular flexibility index (Phi) is 4.35. The summed E-state index contributed by atoms with van der Waals surface area (Å²) in [5.41, 5.74) is 2.10. The minimum absolute atomic E-state index is 0.133. The molecule has 2 aromatic carbocycles. The van der Waals surface area contributed by atoms with Crippen molar-refractivity contribution in [1.29, 1.82) is 0 Å². The van der Waals surface area contributed by atoms with E-state index in [1.165, 1.54) is 5.56 Å². The van der Waals surface area contributed by atoms with Gasteiger partial charge in [0.25, 0.3) is 5.91 Å². The van der Waals surface area contributed by atoms with Crippen molar-refractivity contribution < 1.29 is 14.3 Å². The van der Waals surface area contributed by atoms with Crippen molar-refractivity contribution >= 4 is 21.8 Å². The first kappa shape index (κ1) is 17.1. The lowest BCUT2D eigenvalue weighted by molar-refractivity contribution is 0.0570. The summed E-state index contributed by atoms with van der Waals surface area (Å²) in [4.78, 5) is 15.4. The highest BCUT2D eigenvalue weighted by Crippen LogP contribution is 2.44. The second-order valence-corrected chi connectivity index (χ2v) is 8.59. The van der Waals surface area contributed by atoms with Crippen LogP contribution in [0.25, 0.3) is 0 Å². The molecule has 5 heteroatoms. The number of carbonyl (C=O) groups is 1. The number of hydrogen-bond acceptors (Lipinski definition) is 3. The van der Waals surface area contributed by atoms with Gasteiger partial charge in [-0.2, -0.15) is 0 Å². The summed E-state index contributed by atoms with van der Waals surface area (Å²) in [5, 5.41) is 0. The third kappa shape index (κ3) is 3.12. The van der Waals surface area contributed by atoms with Gasteiger partial charge < -0.3 is 14.4 Å².